The van der Waals surface area contributed by atoms with Gasteiger partial charge in [-0.05, 0) is 48.9 Å². The van der Waals surface area contributed by atoms with Gasteiger partial charge in [-0.1, -0.05) is 62.1 Å². The van der Waals surface area contributed by atoms with Crippen molar-refractivity contribution in [3.05, 3.63) is 59.7 Å². The minimum atomic E-state index is -0.460. The summed E-state index contributed by atoms with van der Waals surface area (Å²) in [5, 5.41) is 0. The van der Waals surface area contributed by atoms with Gasteiger partial charge < -0.3 is 11.5 Å². The molecule has 2 aliphatic carbocycles. The molecule has 136 valence electrons. The molecule has 0 radical (unpaired) electrons. The second-order valence-electron chi connectivity index (χ2n) is 8.08. The van der Waals surface area contributed by atoms with Crippen LogP contribution in [0.5, 0.6) is 0 Å². The highest BCUT2D eigenvalue weighted by atomic mass is 16.1. The molecule has 0 heterocycles. The van der Waals surface area contributed by atoms with E-state index in [0.717, 1.165) is 73.9 Å². The molecule has 2 aromatic carbocycles. The van der Waals surface area contributed by atoms with Gasteiger partial charge in [0.25, 0.3) is 0 Å². The number of hydrogen-bond acceptors (Lipinski definition) is 3. The molecule has 2 aliphatic rings. The van der Waals surface area contributed by atoms with Crippen LogP contribution in [0, 0.1) is 0 Å². The minimum Gasteiger partial charge on any atom is -0.398 e. The molecule has 2 aromatic rings. The molecule has 0 aromatic heterocycles. The topological polar surface area (TPSA) is 69.1 Å². The fourth-order valence-electron chi connectivity index (χ4n) is 5.52. The Bertz CT molecular complexity index is 747. The summed E-state index contributed by atoms with van der Waals surface area (Å²) in [5.41, 5.74) is 15.3. The van der Waals surface area contributed by atoms with Gasteiger partial charge in [0.05, 0.1) is 10.8 Å². The van der Waals surface area contributed by atoms with Crippen molar-refractivity contribution in [2.45, 2.75) is 62.2 Å². The summed E-state index contributed by atoms with van der Waals surface area (Å²) in [5.74, 6) is 0.357. The lowest BCUT2D eigenvalue weighted by Gasteiger charge is -2.39. The van der Waals surface area contributed by atoms with Crippen LogP contribution in [-0.2, 0) is 15.6 Å². The molecule has 3 heteroatoms. The van der Waals surface area contributed by atoms with Crippen LogP contribution in [0.3, 0.4) is 0 Å². The molecular weight excluding hydrogens is 320 g/mol. The van der Waals surface area contributed by atoms with E-state index < -0.39 is 10.8 Å². The Morgan fingerprint density at radius 1 is 0.654 bits per heavy atom. The lowest BCUT2D eigenvalue weighted by atomic mass is 9.61. The number of benzene rings is 2. The third-order valence-electron chi connectivity index (χ3n) is 6.74. The summed E-state index contributed by atoms with van der Waals surface area (Å²) in [7, 11) is 0. The lowest BCUT2D eigenvalue weighted by Crippen LogP contribution is -2.47. The van der Waals surface area contributed by atoms with E-state index in [1.807, 2.05) is 36.4 Å². The zero-order chi connectivity index (χ0) is 18.2. The van der Waals surface area contributed by atoms with Crippen molar-refractivity contribution < 1.29 is 4.79 Å². The van der Waals surface area contributed by atoms with Crippen LogP contribution in [0.2, 0.25) is 0 Å². The van der Waals surface area contributed by atoms with Gasteiger partial charge >= 0.3 is 0 Å². The number of para-hydroxylation sites is 2. The molecule has 0 spiro atoms. The van der Waals surface area contributed by atoms with Crippen molar-refractivity contribution in [2.75, 3.05) is 11.5 Å². The number of carbonyl (C=O) groups is 1. The first kappa shape index (κ1) is 17.1. The number of nitrogens with two attached hydrogens (primary N) is 2. The quantitative estimate of drug-likeness (QED) is 0.784. The summed E-state index contributed by atoms with van der Waals surface area (Å²) in [6.07, 6.45) is 7.92. The van der Waals surface area contributed by atoms with Crippen molar-refractivity contribution in [1.29, 1.82) is 0 Å². The first-order chi connectivity index (χ1) is 12.6. The maximum atomic E-state index is 14.3. The third-order valence-corrected chi connectivity index (χ3v) is 6.74. The standard InChI is InChI=1S/C23H28N2O/c24-19-11-3-1-9-17(19)22(13-5-6-14-22)21(26)23(15-7-8-16-23)18-10-2-4-12-20(18)25/h1-4,9-12H,5-8,13-16,24-25H2. The van der Waals surface area contributed by atoms with Gasteiger partial charge in [0.1, 0.15) is 0 Å². The third kappa shape index (κ3) is 2.45. The maximum Gasteiger partial charge on any atom is 0.154 e. The van der Waals surface area contributed by atoms with E-state index in [1.165, 1.54) is 0 Å². The number of nitrogen functional groups attached to an aromatic ring is 2. The summed E-state index contributed by atoms with van der Waals surface area (Å²) in [4.78, 5) is 14.3. The van der Waals surface area contributed by atoms with Crippen LogP contribution >= 0.6 is 0 Å². The van der Waals surface area contributed by atoms with E-state index in [-0.39, 0.29) is 0 Å². The Balaban J connectivity index is 1.88. The summed E-state index contributed by atoms with van der Waals surface area (Å²) in [6, 6.07) is 15.9. The lowest BCUT2D eigenvalue weighted by molar-refractivity contribution is -0.130. The van der Waals surface area contributed by atoms with Gasteiger partial charge in [0.15, 0.2) is 5.78 Å². The predicted molar refractivity (Wildman–Crippen MR) is 107 cm³/mol. The number of ketones is 1. The Morgan fingerprint density at radius 3 is 1.35 bits per heavy atom. The van der Waals surface area contributed by atoms with Crippen molar-refractivity contribution >= 4 is 17.2 Å². The SMILES string of the molecule is Nc1ccccc1C1(C(=O)C2(c3ccccc3N)CCCC2)CCCC1. The fourth-order valence-corrected chi connectivity index (χ4v) is 5.52. The van der Waals surface area contributed by atoms with Gasteiger partial charge in [-0.2, -0.15) is 0 Å². The van der Waals surface area contributed by atoms with Crippen molar-refractivity contribution in [1.82, 2.24) is 0 Å². The molecule has 4 N–H and O–H groups in total. The number of hydrogen-bond donors (Lipinski definition) is 2. The fraction of sp³-hybridized carbons (Fsp3) is 0.435. The Labute approximate surface area is 155 Å². The van der Waals surface area contributed by atoms with Gasteiger partial charge in [-0.3, -0.25) is 4.79 Å². The Hall–Kier alpha value is -2.29. The van der Waals surface area contributed by atoms with Crippen LogP contribution < -0.4 is 11.5 Å². The van der Waals surface area contributed by atoms with Crippen LogP contribution in [0.1, 0.15) is 62.5 Å². The van der Waals surface area contributed by atoms with Crippen LogP contribution in [0.4, 0.5) is 11.4 Å². The Kier molecular flexibility index (Phi) is 4.26. The maximum absolute atomic E-state index is 14.3. The molecular formula is C23H28N2O. The number of rotatable bonds is 4. The van der Waals surface area contributed by atoms with E-state index in [9.17, 15) is 4.79 Å². The average molecular weight is 348 g/mol. The van der Waals surface area contributed by atoms with Crippen molar-refractivity contribution in [2.24, 2.45) is 0 Å². The van der Waals surface area contributed by atoms with E-state index in [1.54, 1.807) is 0 Å². The summed E-state index contributed by atoms with van der Waals surface area (Å²) < 4.78 is 0. The highest BCUT2D eigenvalue weighted by Gasteiger charge is 2.54. The first-order valence-corrected chi connectivity index (χ1v) is 9.85. The van der Waals surface area contributed by atoms with Gasteiger partial charge in [-0.25, -0.2) is 0 Å². The van der Waals surface area contributed by atoms with E-state index in [0.29, 0.717) is 5.78 Å². The predicted octanol–water partition coefficient (Wildman–Crippen LogP) is 4.74. The minimum absolute atomic E-state index is 0.357. The van der Waals surface area contributed by atoms with E-state index in [4.69, 9.17) is 11.5 Å². The largest absolute Gasteiger partial charge is 0.398 e. The summed E-state index contributed by atoms with van der Waals surface area (Å²) >= 11 is 0. The molecule has 0 unspecified atom stereocenters. The molecule has 4 rings (SSSR count). The highest BCUT2D eigenvalue weighted by Crippen LogP contribution is 2.53. The monoisotopic (exact) mass is 348 g/mol. The van der Waals surface area contributed by atoms with E-state index >= 15 is 0 Å². The molecule has 0 amide bonds. The Morgan fingerprint density at radius 2 is 1.00 bits per heavy atom. The normalized spacial score (nSPS) is 20.9. The second kappa shape index (κ2) is 6.46. The molecule has 0 saturated heterocycles. The van der Waals surface area contributed by atoms with Crippen molar-refractivity contribution in [3.8, 4) is 0 Å². The van der Waals surface area contributed by atoms with Crippen LogP contribution in [0.15, 0.2) is 48.5 Å². The van der Waals surface area contributed by atoms with Crippen LogP contribution in [0.25, 0.3) is 0 Å². The summed E-state index contributed by atoms with van der Waals surface area (Å²) in [6.45, 7) is 0. The molecule has 26 heavy (non-hydrogen) atoms. The zero-order valence-electron chi connectivity index (χ0n) is 15.3. The molecule has 0 aliphatic heterocycles. The number of anilines is 2. The van der Waals surface area contributed by atoms with E-state index in [2.05, 4.69) is 12.1 Å². The van der Waals surface area contributed by atoms with Crippen LogP contribution in [-0.4, -0.2) is 5.78 Å². The molecule has 2 saturated carbocycles. The number of carbonyl (C=O) groups excluding carboxylic acids is 1. The number of Topliss-reactive ketones (excluding diaryl/α,β-unsaturated/α-hetero) is 1. The van der Waals surface area contributed by atoms with Gasteiger partial charge in [0, 0.05) is 11.4 Å². The average Bonchev–Trinajstić information content (AvgIpc) is 3.33. The molecule has 0 atom stereocenters. The van der Waals surface area contributed by atoms with Gasteiger partial charge in [-0.15, -0.1) is 0 Å². The molecule has 0 bridgehead atoms. The zero-order valence-corrected chi connectivity index (χ0v) is 15.3. The first-order valence-electron chi connectivity index (χ1n) is 9.85. The van der Waals surface area contributed by atoms with Crippen molar-refractivity contribution in [3.63, 3.8) is 0 Å². The highest BCUT2D eigenvalue weighted by molar-refractivity contribution is 6.01. The smallest absolute Gasteiger partial charge is 0.154 e. The molecule has 3 nitrogen and oxygen atoms in total. The molecule has 2 fully saturated rings. The van der Waals surface area contributed by atoms with Gasteiger partial charge in [0.2, 0.25) is 0 Å². The second-order valence-corrected chi connectivity index (χ2v) is 8.08.